The monoisotopic (exact) mass is 248 g/mol. The molecule has 0 radical (unpaired) electrons. The average molecular weight is 248 g/mol. The Morgan fingerprint density at radius 2 is 2.11 bits per heavy atom. The van der Waals surface area contributed by atoms with Crippen LogP contribution in [0, 0.1) is 22.5 Å². The zero-order valence-electron chi connectivity index (χ0n) is 10.2. The van der Waals surface area contributed by atoms with Crippen LogP contribution in [0.2, 0.25) is 0 Å². The van der Waals surface area contributed by atoms with Crippen molar-refractivity contribution in [1.82, 2.24) is 5.32 Å². The number of aliphatic hydroxyl groups excluding tert-OH is 1. The molecule has 1 aromatic carbocycles. The molecule has 18 heavy (non-hydrogen) atoms. The number of non-ortho nitro benzene ring substituents is 1. The van der Waals surface area contributed by atoms with Gasteiger partial charge in [0.2, 0.25) is 0 Å². The van der Waals surface area contributed by atoms with Crippen LogP contribution in [0.3, 0.4) is 0 Å². The minimum atomic E-state index is -0.703. The van der Waals surface area contributed by atoms with Gasteiger partial charge >= 0.3 is 0 Å². The minimum absolute atomic E-state index is 0.0135. The van der Waals surface area contributed by atoms with E-state index in [1.54, 1.807) is 12.1 Å². The van der Waals surface area contributed by atoms with Gasteiger partial charge in [0.05, 0.1) is 11.0 Å². The molecule has 5 heteroatoms. The van der Waals surface area contributed by atoms with Gasteiger partial charge in [-0.25, -0.2) is 0 Å². The molecule has 0 saturated heterocycles. The fraction of sp³-hybridized carbons (Fsp3) is 0.385. The third-order valence-corrected chi connectivity index (χ3v) is 2.57. The van der Waals surface area contributed by atoms with E-state index in [1.807, 2.05) is 6.92 Å². The Bertz CT molecular complexity index is 437. The van der Waals surface area contributed by atoms with E-state index in [9.17, 15) is 15.2 Å². The summed E-state index contributed by atoms with van der Waals surface area (Å²) in [5.41, 5.74) is 0.653. The van der Waals surface area contributed by atoms with Crippen molar-refractivity contribution in [2.45, 2.75) is 25.5 Å². The molecule has 0 saturated carbocycles. The number of terminal acetylenes is 1. The predicted octanol–water partition coefficient (Wildman–Crippen LogP) is 1.63. The molecular formula is C13H16N2O3. The lowest BCUT2D eigenvalue weighted by Crippen LogP contribution is -2.30. The summed E-state index contributed by atoms with van der Waals surface area (Å²) in [4.78, 5) is 10.0. The molecule has 1 rings (SSSR count). The maximum absolute atomic E-state index is 10.5. The van der Waals surface area contributed by atoms with Crippen molar-refractivity contribution in [3.63, 3.8) is 0 Å². The standard InChI is InChI=1S/C13H16N2O3/c1-3-4-10(2)14-9-13(16)11-5-7-12(8-6-11)15(17)18/h1,5-8,10,13-14,16H,4,9H2,2H3. The Balaban J connectivity index is 2.54. The van der Waals surface area contributed by atoms with E-state index >= 15 is 0 Å². The maximum atomic E-state index is 10.5. The van der Waals surface area contributed by atoms with Crippen molar-refractivity contribution in [3.8, 4) is 12.3 Å². The van der Waals surface area contributed by atoms with Crippen LogP contribution in [0.5, 0.6) is 0 Å². The normalized spacial score (nSPS) is 13.6. The fourth-order valence-electron chi connectivity index (χ4n) is 1.50. The molecule has 0 heterocycles. The van der Waals surface area contributed by atoms with Gasteiger partial charge in [0.15, 0.2) is 0 Å². The Labute approximate surface area is 106 Å². The summed E-state index contributed by atoms with van der Waals surface area (Å²) < 4.78 is 0. The summed E-state index contributed by atoms with van der Waals surface area (Å²) in [6.45, 7) is 2.29. The summed E-state index contributed by atoms with van der Waals surface area (Å²) in [7, 11) is 0. The first-order valence-electron chi connectivity index (χ1n) is 5.64. The number of nitro groups is 1. The third kappa shape index (κ3) is 4.17. The van der Waals surface area contributed by atoms with Crippen molar-refractivity contribution in [3.05, 3.63) is 39.9 Å². The highest BCUT2D eigenvalue weighted by Gasteiger charge is 2.11. The van der Waals surface area contributed by atoms with E-state index in [1.165, 1.54) is 12.1 Å². The second-order valence-corrected chi connectivity index (χ2v) is 4.08. The summed E-state index contributed by atoms with van der Waals surface area (Å²) in [6, 6.07) is 5.99. The van der Waals surface area contributed by atoms with E-state index in [2.05, 4.69) is 11.2 Å². The van der Waals surface area contributed by atoms with Crippen LogP contribution >= 0.6 is 0 Å². The number of nitro benzene ring substituents is 1. The van der Waals surface area contributed by atoms with Crippen LogP contribution in [-0.4, -0.2) is 22.6 Å². The van der Waals surface area contributed by atoms with Gasteiger partial charge < -0.3 is 10.4 Å². The number of nitrogens with one attached hydrogen (secondary N) is 1. The first kappa shape index (κ1) is 14.2. The lowest BCUT2D eigenvalue weighted by Gasteiger charge is -2.15. The zero-order valence-corrected chi connectivity index (χ0v) is 10.2. The molecular weight excluding hydrogens is 232 g/mol. The Morgan fingerprint density at radius 1 is 1.50 bits per heavy atom. The lowest BCUT2D eigenvalue weighted by atomic mass is 10.1. The quantitative estimate of drug-likeness (QED) is 0.456. The largest absolute Gasteiger partial charge is 0.387 e. The number of hydrogen-bond acceptors (Lipinski definition) is 4. The predicted molar refractivity (Wildman–Crippen MR) is 69.0 cm³/mol. The smallest absolute Gasteiger partial charge is 0.269 e. The molecule has 0 spiro atoms. The number of hydrogen-bond donors (Lipinski definition) is 2. The number of nitrogens with zero attached hydrogens (tertiary/aromatic N) is 1. The number of aliphatic hydroxyl groups is 1. The molecule has 0 amide bonds. The third-order valence-electron chi connectivity index (χ3n) is 2.57. The highest BCUT2D eigenvalue weighted by atomic mass is 16.6. The van der Waals surface area contributed by atoms with E-state index in [4.69, 9.17) is 6.42 Å². The van der Waals surface area contributed by atoms with E-state index in [-0.39, 0.29) is 11.7 Å². The average Bonchev–Trinajstić information content (AvgIpc) is 2.36. The topological polar surface area (TPSA) is 75.4 Å². The lowest BCUT2D eigenvalue weighted by molar-refractivity contribution is -0.384. The molecule has 0 aliphatic heterocycles. The van der Waals surface area contributed by atoms with Gasteiger partial charge in [-0.15, -0.1) is 12.3 Å². The molecule has 0 aliphatic carbocycles. The van der Waals surface area contributed by atoms with Gasteiger partial charge in [0.25, 0.3) is 5.69 Å². The SMILES string of the molecule is C#CCC(C)NCC(O)c1ccc([N+](=O)[O-])cc1. The highest BCUT2D eigenvalue weighted by molar-refractivity contribution is 5.33. The van der Waals surface area contributed by atoms with Crippen LogP contribution in [-0.2, 0) is 0 Å². The van der Waals surface area contributed by atoms with Crippen LogP contribution in [0.4, 0.5) is 5.69 Å². The Morgan fingerprint density at radius 3 is 2.61 bits per heavy atom. The first-order chi connectivity index (χ1) is 8.54. The van der Waals surface area contributed by atoms with E-state index in [0.717, 1.165) is 0 Å². The number of rotatable bonds is 6. The second-order valence-electron chi connectivity index (χ2n) is 4.08. The van der Waals surface area contributed by atoms with Gasteiger partial charge in [-0.1, -0.05) is 0 Å². The van der Waals surface area contributed by atoms with Gasteiger partial charge in [0, 0.05) is 31.1 Å². The Kier molecular flexibility index (Phi) is 5.31. The molecule has 0 fully saturated rings. The van der Waals surface area contributed by atoms with Crippen molar-refractivity contribution in [2.75, 3.05) is 6.54 Å². The molecule has 0 aliphatic rings. The molecule has 5 nitrogen and oxygen atoms in total. The van der Waals surface area contributed by atoms with Crippen molar-refractivity contribution in [1.29, 1.82) is 0 Å². The molecule has 96 valence electrons. The summed E-state index contributed by atoms with van der Waals surface area (Å²) in [5.74, 6) is 2.53. The summed E-state index contributed by atoms with van der Waals surface area (Å²) in [5, 5.41) is 23.5. The van der Waals surface area contributed by atoms with Crippen LogP contribution in [0.15, 0.2) is 24.3 Å². The first-order valence-corrected chi connectivity index (χ1v) is 5.64. The fourth-order valence-corrected chi connectivity index (χ4v) is 1.50. The van der Waals surface area contributed by atoms with Gasteiger partial charge in [-0.3, -0.25) is 10.1 Å². The van der Waals surface area contributed by atoms with E-state index < -0.39 is 11.0 Å². The van der Waals surface area contributed by atoms with Crippen molar-refractivity contribution in [2.24, 2.45) is 0 Å². The summed E-state index contributed by atoms with van der Waals surface area (Å²) >= 11 is 0. The maximum Gasteiger partial charge on any atom is 0.269 e. The van der Waals surface area contributed by atoms with Crippen molar-refractivity contribution >= 4 is 5.69 Å². The molecule has 2 N–H and O–H groups in total. The highest BCUT2D eigenvalue weighted by Crippen LogP contribution is 2.17. The molecule has 2 unspecified atom stereocenters. The van der Waals surface area contributed by atoms with Gasteiger partial charge in [-0.05, 0) is 24.6 Å². The molecule has 0 aromatic heterocycles. The van der Waals surface area contributed by atoms with Gasteiger partial charge in [0.1, 0.15) is 0 Å². The molecule has 2 atom stereocenters. The van der Waals surface area contributed by atoms with Crippen LogP contribution in [0.1, 0.15) is 25.0 Å². The van der Waals surface area contributed by atoms with Crippen LogP contribution < -0.4 is 5.32 Å². The molecule has 0 bridgehead atoms. The Hall–Kier alpha value is -1.90. The van der Waals surface area contributed by atoms with E-state index in [0.29, 0.717) is 18.5 Å². The zero-order chi connectivity index (χ0) is 13.5. The second kappa shape index (κ2) is 6.74. The van der Waals surface area contributed by atoms with Gasteiger partial charge in [-0.2, -0.15) is 0 Å². The number of benzene rings is 1. The summed E-state index contributed by atoms with van der Waals surface area (Å²) in [6.07, 6.45) is 5.06. The van der Waals surface area contributed by atoms with Crippen LogP contribution in [0.25, 0.3) is 0 Å². The van der Waals surface area contributed by atoms with Crippen molar-refractivity contribution < 1.29 is 10.0 Å². The minimum Gasteiger partial charge on any atom is -0.387 e. The molecule has 1 aromatic rings.